The fraction of sp³-hybridized carbons (Fsp3) is 0.160. The maximum atomic E-state index is 13.1. The lowest BCUT2D eigenvalue weighted by atomic mass is 10.1. The lowest BCUT2D eigenvalue weighted by molar-refractivity contribution is -0.123. The van der Waals surface area contributed by atoms with Crippen LogP contribution in [0.15, 0.2) is 82.3 Å². The number of thiocarbonyl (C=S) groups is 1. The summed E-state index contributed by atoms with van der Waals surface area (Å²) in [5.74, 6) is -0.362. The normalized spacial score (nSPS) is 16.8. The Hall–Kier alpha value is -2.49. The molecular weight excluding hydrogens is 563 g/mol. The molecule has 1 aliphatic heterocycles. The van der Waals surface area contributed by atoms with Crippen molar-refractivity contribution in [2.75, 3.05) is 0 Å². The summed E-state index contributed by atoms with van der Waals surface area (Å²) in [7, 11) is 0. The molecule has 11 heteroatoms. The zero-order valence-electron chi connectivity index (χ0n) is 18.7. The van der Waals surface area contributed by atoms with Crippen LogP contribution in [0.2, 0.25) is 0 Å². The van der Waals surface area contributed by atoms with Crippen LogP contribution >= 0.6 is 58.8 Å². The molecule has 1 N–H and O–H groups in total. The van der Waals surface area contributed by atoms with Gasteiger partial charge in [-0.3, -0.25) is 14.5 Å². The molecular formula is C25H19Cl3N2O4S2. The van der Waals surface area contributed by atoms with E-state index in [9.17, 15) is 9.59 Å². The molecule has 1 aromatic heterocycles. The number of hydrogen-bond acceptors (Lipinski definition) is 6. The summed E-state index contributed by atoms with van der Waals surface area (Å²) in [5.41, 5.74) is 1.75. The third-order valence-electron chi connectivity index (χ3n) is 5.23. The van der Waals surface area contributed by atoms with Crippen LogP contribution in [0.3, 0.4) is 0 Å². The SMILES string of the molecule is CC(c1ccccc1)N1C(=O)C(=Cc2ccc(OC(NC(=O)c3ccco3)C(Cl)(Cl)Cl)cc2)SC1=S. The van der Waals surface area contributed by atoms with Gasteiger partial charge in [0.15, 0.2) is 5.76 Å². The van der Waals surface area contributed by atoms with E-state index < -0.39 is 15.9 Å². The fourth-order valence-corrected chi connectivity index (χ4v) is 5.12. The van der Waals surface area contributed by atoms with E-state index in [4.69, 9.17) is 56.2 Å². The minimum absolute atomic E-state index is 0.0482. The van der Waals surface area contributed by atoms with Crippen molar-refractivity contribution in [2.45, 2.75) is 23.0 Å². The minimum Gasteiger partial charge on any atom is -0.466 e. The zero-order valence-corrected chi connectivity index (χ0v) is 22.6. The van der Waals surface area contributed by atoms with Crippen molar-refractivity contribution in [1.82, 2.24) is 10.2 Å². The largest absolute Gasteiger partial charge is 0.466 e. The fourth-order valence-electron chi connectivity index (χ4n) is 3.40. The zero-order chi connectivity index (χ0) is 25.9. The Kier molecular flexibility index (Phi) is 8.32. The number of nitrogens with zero attached hydrogens (tertiary/aromatic N) is 1. The molecule has 2 unspecified atom stereocenters. The predicted molar refractivity (Wildman–Crippen MR) is 147 cm³/mol. The van der Waals surface area contributed by atoms with E-state index in [0.717, 1.165) is 11.1 Å². The highest BCUT2D eigenvalue weighted by Crippen LogP contribution is 2.38. The third kappa shape index (κ3) is 6.25. The first-order chi connectivity index (χ1) is 17.1. The van der Waals surface area contributed by atoms with Crippen molar-refractivity contribution in [3.63, 3.8) is 0 Å². The quantitative estimate of drug-likeness (QED) is 0.144. The number of halogens is 3. The van der Waals surface area contributed by atoms with Gasteiger partial charge in [0, 0.05) is 0 Å². The molecule has 0 spiro atoms. The third-order valence-corrected chi connectivity index (χ3v) is 7.15. The first-order valence-electron chi connectivity index (χ1n) is 10.6. The Bertz CT molecular complexity index is 1280. The van der Waals surface area contributed by atoms with E-state index in [1.807, 2.05) is 37.3 Å². The lowest BCUT2D eigenvalue weighted by Gasteiger charge is -2.26. The van der Waals surface area contributed by atoms with Gasteiger partial charge in [-0.15, -0.1) is 0 Å². The Labute approximate surface area is 232 Å². The molecule has 2 aromatic carbocycles. The molecule has 0 radical (unpaired) electrons. The van der Waals surface area contributed by atoms with Crippen LogP contribution in [0.1, 0.15) is 34.6 Å². The lowest BCUT2D eigenvalue weighted by Crippen LogP contribution is -2.47. The van der Waals surface area contributed by atoms with Gasteiger partial charge < -0.3 is 14.5 Å². The van der Waals surface area contributed by atoms with Crippen LogP contribution in [-0.4, -0.2) is 31.1 Å². The average molecular weight is 582 g/mol. The van der Waals surface area contributed by atoms with Gasteiger partial charge in [0.1, 0.15) is 10.1 Å². The van der Waals surface area contributed by atoms with Gasteiger partial charge in [0.25, 0.3) is 11.8 Å². The van der Waals surface area contributed by atoms with Crippen LogP contribution in [0.25, 0.3) is 6.08 Å². The monoisotopic (exact) mass is 580 g/mol. The van der Waals surface area contributed by atoms with Crippen LogP contribution in [-0.2, 0) is 4.79 Å². The molecule has 36 heavy (non-hydrogen) atoms. The second kappa shape index (κ2) is 11.3. The molecule has 0 aliphatic carbocycles. The molecule has 3 aromatic rings. The number of benzene rings is 2. The van der Waals surface area contributed by atoms with E-state index in [1.54, 1.807) is 41.3 Å². The topological polar surface area (TPSA) is 71.8 Å². The summed E-state index contributed by atoms with van der Waals surface area (Å²) in [6, 6.07) is 19.3. The molecule has 2 amide bonds. The number of carbonyl (C=O) groups excluding carboxylic acids is 2. The number of furan rings is 1. The highest BCUT2D eigenvalue weighted by molar-refractivity contribution is 8.26. The number of ether oxygens (including phenoxy) is 1. The predicted octanol–water partition coefficient (Wildman–Crippen LogP) is 6.75. The van der Waals surface area contributed by atoms with Gasteiger partial charge in [-0.2, -0.15) is 0 Å². The number of alkyl halides is 3. The smallest absolute Gasteiger partial charge is 0.289 e. The van der Waals surface area contributed by atoms with E-state index in [-0.39, 0.29) is 17.7 Å². The van der Waals surface area contributed by atoms with Crippen LogP contribution < -0.4 is 10.1 Å². The molecule has 186 valence electrons. The molecule has 2 heterocycles. The molecule has 1 aliphatic rings. The van der Waals surface area contributed by atoms with Crippen molar-refractivity contribution >= 4 is 81.0 Å². The second-order valence-corrected chi connectivity index (χ2v) is 11.7. The Balaban J connectivity index is 1.46. The number of hydrogen-bond donors (Lipinski definition) is 1. The molecule has 1 fully saturated rings. The number of carbonyl (C=O) groups is 2. The Morgan fingerprint density at radius 3 is 2.42 bits per heavy atom. The van der Waals surface area contributed by atoms with Gasteiger partial charge in [-0.25, -0.2) is 0 Å². The maximum absolute atomic E-state index is 13.1. The van der Waals surface area contributed by atoms with E-state index in [1.165, 1.54) is 24.1 Å². The molecule has 2 atom stereocenters. The van der Waals surface area contributed by atoms with Gasteiger partial charge in [-0.05, 0) is 48.4 Å². The van der Waals surface area contributed by atoms with Crippen molar-refractivity contribution in [2.24, 2.45) is 0 Å². The maximum Gasteiger partial charge on any atom is 0.289 e. The summed E-state index contributed by atoms with van der Waals surface area (Å²) in [5, 5.41) is 2.49. The van der Waals surface area contributed by atoms with Gasteiger partial charge in [-0.1, -0.05) is 101 Å². The number of amides is 2. The van der Waals surface area contributed by atoms with Crippen molar-refractivity contribution in [3.05, 3.63) is 94.8 Å². The highest BCUT2D eigenvalue weighted by Gasteiger charge is 2.37. The van der Waals surface area contributed by atoms with Crippen molar-refractivity contribution in [1.29, 1.82) is 0 Å². The Morgan fingerprint density at radius 2 is 1.81 bits per heavy atom. The standard InChI is InChI=1S/C25H19Cl3N2O4S2/c1-15(17-6-3-2-4-7-17)30-22(32)20(36-24(30)35)14-16-9-11-18(12-10-16)34-23(25(26,27)28)29-21(31)19-8-5-13-33-19/h2-15,23H,1H3,(H,29,31). The van der Waals surface area contributed by atoms with Gasteiger partial charge in [0.2, 0.25) is 10.0 Å². The molecule has 4 rings (SSSR count). The minimum atomic E-state index is -1.95. The summed E-state index contributed by atoms with van der Waals surface area (Å²) >= 11 is 24.8. The van der Waals surface area contributed by atoms with E-state index in [0.29, 0.717) is 15.0 Å². The molecule has 0 saturated carbocycles. The Morgan fingerprint density at radius 1 is 1.11 bits per heavy atom. The number of thioether (sulfide) groups is 1. The first kappa shape index (κ1) is 26.6. The number of nitrogens with one attached hydrogen (secondary N) is 1. The van der Waals surface area contributed by atoms with Crippen molar-refractivity contribution < 1.29 is 18.7 Å². The molecule has 6 nitrogen and oxygen atoms in total. The molecule has 0 bridgehead atoms. The van der Waals surface area contributed by atoms with Crippen LogP contribution in [0.4, 0.5) is 0 Å². The van der Waals surface area contributed by atoms with Gasteiger partial charge in [0.05, 0.1) is 17.2 Å². The summed E-state index contributed by atoms with van der Waals surface area (Å²) in [6.07, 6.45) is 1.82. The van der Waals surface area contributed by atoms with E-state index >= 15 is 0 Å². The summed E-state index contributed by atoms with van der Waals surface area (Å²) in [6.45, 7) is 1.95. The van der Waals surface area contributed by atoms with Gasteiger partial charge >= 0.3 is 0 Å². The average Bonchev–Trinajstić information content (AvgIpc) is 3.48. The number of rotatable bonds is 7. The first-order valence-corrected chi connectivity index (χ1v) is 13.0. The van der Waals surface area contributed by atoms with E-state index in [2.05, 4.69) is 5.32 Å². The van der Waals surface area contributed by atoms with Crippen molar-refractivity contribution in [3.8, 4) is 5.75 Å². The summed E-state index contributed by atoms with van der Waals surface area (Å²) < 4.78 is 9.32. The summed E-state index contributed by atoms with van der Waals surface area (Å²) in [4.78, 5) is 27.5. The van der Waals surface area contributed by atoms with Crippen LogP contribution in [0, 0.1) is 0 Å². The van der Waals surface area contributed by atoms with Crippen LogP contribution in [0.5, 0.6) is 5.75 Å². The highest BCUT2D eigenvalue weighted by atomic mass is 35.6. The second-order valence-electron chi connectivity index (χ2n) is 7.70. The molecule has 1 saturated heterocycles.